The van der Waals surface area contributed by atoms with Crippen molar-refractivity contribution in [1.29, 1.82) is 0 Å². The number of nitro groups is 1. The molecule has 1 aromatic carbocycles. The van der Waals surface area contributed by atoms with Crippen molar-refractivity contribution in [1.82, 2.24) is 9.97 Å². The summed E-state index contributed by atoms with van der Waals surface area (Å²) in [6, 6.07) is 16.0. The van der Waals surface area contributed by atoms with E-state index in [9.17, 15) is 14.9 Å². The van der Waals surface area contributed by atoms with Gasteiger partial charge in [0.05, 0.1) is 37.1 Å². The molecule has 5 rings (SSSR count). The molecule has 152 valence electrons. The van der Waals surface area contributed by atoms with E-state index in [0.29, 0.717) is 32.2 Å². The van der Waals surface area contributed by atoms with Crippen LogP contribution in [0.4, 0.5) is 10.1 Å². The monoisotopic (exact) mass is 464 g/mol. The van der Waals surface area contributed by atoms with Crippen molar-refractivity contribution < 1.29 is 9.72 Å². The summed E-state index contributed by atoms with van der Waals surface area (Å²) in [5, 5.41) is 19.0. The summed E-state index contributed by atoms with van der Waals surface area (Å²) in [7, 11) is 0. The predicted molar refractivity (Wildman–Crippen MR) is 125 cm³/mol. The van der Waals surface area contributed by atoms with Crippen LogP contribution >= 0.6 is 34.0 Å². The summed E-state index contributed by atoms with van der Waals surface area (Å²) < 4.78 is 0. The molecule has 0 spiro atoms. The van der Waals surface area contributed by atoms with Crippen molar-refractivity contribution in [2.24, 2.45) is 0 Å². The normalized spacial score (nSPS) is 11.0. The Kier molecular flexibility index (Phi) is 5.02. The molecule has 0 radical (unpaired) electrons. The van der Waals surface area contributed by atoms with Crippen molar-refractivity contribution in [2.45, 2.75) is 0 Å². The highest BCUT2D eigenvalue weighted by Crippen LogP contribution is 2.34. The van der Waals surface area contributed by atoms with E-state index in [0.717, 1.165) is 21.9 Å². The van der Waals surface area contributed by atoms with E-state index in [-0.39, 0.29) is 10.9 Å². The van der Waals surface area contributed by atoms with E-state index in [2.05, 4.69) is 15.3 Å². The van der Waals surface area contributed by atoms with Gasteiger partial charge in [0.25, 0.3) is 5.91 Å². The summed E-state index contributed by atoms with van der Waals surface area (Å²) in [5.74, 6) is -0.307. The van der Waals surface area contributed by atoms with E-state index in [1.165, 1.54) is 17.4 Å². The van der Waals surface area contributed by atoms with Gasteiger partial charge < -0.3 is 0 Å². The molecule has 4 aromatic heterocycles. The van der Waals surface area contributed by atoms with Crippen molar-refractivity contribution in [3.05, 3.63) is 81.0 Å². The molecule has 0 atom stereocenters. The fraction of sp³-hybridized carbons (Fsp3) is 0. The summed E-state index contributed by atoms with van der Waals surface area (Å²) in [4.78, 5) is 34.5. The first-order valence-corrected chi connectivity index (χ1v) is 11.6. The molecule has 0 aliphatic rings. The quantitative estimate of drug-likeness (QED) is 0.243. The molecule has 0 aliphatic heterocycles. The Labute approximate surface area is 187 Å². The average Bonchev–Trinajstić information content (AvgIpc) is 3.54. The smallest absolute Gasteiger partial charge is 0.298 e. The Morgan fingerprint density at radius 2 is 1.84 bits per heavy atom. The van der Waals surface area contributed by atoms with Gasteiger partial charge in [-0.2, -0.15) is 0 Å². The largest absolute Gasteiger partial charge is 0.324 e. The average molecular weight is 465 g/mol. The lowest BCUT2D eigenvalue weighted by Gasteiger charge is -2.08. The molecular weight excluding hydrogens is 452 g/mol. The van der Waals surface area contributed by atoms with Gasteiger partial charge in [0.2, 0.25) is 0 Å². The van der Waals surface area contributed by atoms with Crippen LogP contribution in [0, 0.1) is 10.1 Å². The predicted octanol–water partition coefficient (Wildman–Crippen LogP) is 6.31. The van der Waals surface area contributed by atoms with Crippen LogP contribution < -0.4 is 5.32 Å². The maximum atomic E-state index is 13.1. The summed E-state index contributed by atoms with van der Waals surface area (Å²) >= 11 is 3.97. The van der Waals surface area contributed by atoms with E-state index in [1.807, 2.05) is 47.2 Å². The highest BCUT2D eigenvalue weighted by Gasteiger charge is 2.18. The molecule has 0 saturated carbocycles. The molecule has 0 aliphatic carbocycles. The Hall–Kier alpha value is -3.47. The van der Waals surface area contributed by atoms with Crippen LogP contribution in [0.3, 0.4) is 0 Å². The Morgan fingerprint density at radius 1 is 0.968 bits per heavy atom. The summed E-state index contributed by atoms with van der Waals surface area (Å²) in [6.45, 7) is 0. The van der Waals surface area contributed by atoms with Crippen molar-refractivity contribution in [2.75, 3.05) is 5.32 Å². The summed E-state index contributed by atoms with van der Waals surface area (Å²) in [5.41, 5.74) is 2.41. The van der Waals surface area contributed by atoms with Crippen LogP contribution in [0.5, 0.6) is 0 Å². The maximum Gasteiger partial charge on any atom is 0.324 e. The maximum absolute atomic E-state index is 13.1. The van der Waals surface area contributed by atoms with Crippen LogP contribution in [-0.2, 0) is 0 Å². The number of carbonyl (C=O) groups is 1. The molecule has 4 heterocycles. The third kappa shape index (κ3) is 3.83. The minimum absolute atomic E-state index is 0.0276. The third-order valence-corrected chi connectivity index (χ3v) is 7.19. The SMILES string of the molecule is O=C(Nc1nc(-c2cccs2)cs1)c1cc(-c2ccc([N+](=O)[O-])s2)nc2ccccc12. The number of carbonyl (C=O) groups excluding carboxylic acids is 1. The third-order valence-electron chi connectivity index (χ3n) is 4.48. The number of hydrogen-bond acceptors (Lipinski definition) is 8. The zero-order valence-electron chi connectivity index (χ0n) is 15.6. The number of para-hydroxylation sites is 1. The number of nitrogens with one attached hydrogen (secondary N) is 1. The minimum atomic E-state index is -0.434. The number of anilines is 1. The molecule has 31 heavy (non-hydrogen) atoms. The van der Waals surface area contributed by atoms with E-state index >= 15 is 0 Å². The lowest BCUT2D eigenvalue weighted by molar-refractivity contribution is -0.380. The number of aromatic nitrogens is 2. The van der Waals surface area contributed by atoms with E-state index in [4.69, 9.17) is 0 Å². The second-order valence-corrected chi connectivity index (χ2v) is 9.30. The van der Waals surface area contributed by atoms with Crippen molar-refractivity contribution in [3.8, 4) is 21.1 Å². The number of nitrogens with zero attached hydrogens (tertiary/aromatic N) is 3. The molecule has 1 amide bonds. The lowest BCUT2D eigenvalue weighted by Crippen LogP contribution is -2.13. The van der Waals surface area contributed by atoms with Gasteiger partial charge in [0.1, 0.15) is 0 Å². The fourth-order valence-corrected chi connectivity index (χ4v) is 5.33. The molecule has 1 N–H and O–H groups in total. The molecule has 0 fully saturated rings. The van der Waals surface area contributed by atoms with E-state index < -0.39 is 4.92 Å². The van der Waals surface area contributed by atoms with Gasteiger partial charge in [0.15, 0.2) is 5.13 Å². The van der Waals surface area contributed by atoms with Crippen LogP contribution in [-0.4, -0.2) is 20.8 Å². The number of thiazole rings is 1. The first-order chi connectivity index (χ1) is 15.1. The molecule has 0 saturated heterocycles. The number of thiophene rings is 2. The highest BCUT2D eigenvalue weighted by molar-refractivity contribution is 7.18. The van der Waals surface area contributed by atoms with Crippen LogP contribution in [0.2, 0.25) is 0 Å². The van der Waals surface area contributed by atoms with Crippen LogP contribution in [0.15, 0.2) is 65.4 Å². The van der Waals surface area contributed by atoms with Gasteiger partial charge >= 0.3 is 5.00 Å². The Morgan fingerprint density at radius 3 is 2.61 bits per heavy atom. The fourth-order valence-electron chi connectivity index (χ4n) is 3.09. The topological polar surface area (TPSA) is 98.0 Å². The first-order valence-electron chi connectivity index (χ1n) is 9.03. The second-order valence-electron chi connectivity index (χ2n) is 6.44. The van der Waals surface area contributed by atoms with Gasteiger partial charge in [0, 0.05) is 16.8 Å². The highest BCUT2D eigenvalue weighted by atomic mass is 32.1. The molecular formula is C21H12N4O3S3. The van der Waals surface area contributed by atoms with Gasteiger partial charge in [-0.3, -0.25) is 20.2 Å². The van der Waals surface area contributed by atoms with Crippen molar-refractivity contribution >= 4 is 61.0 Å². The number of amides is 1. The molecule has 7 nitrogen and oxygen atoms in total. The van der Waals surface area contributed by atoms with Gasteiger partial charge in [-0.25, -0.2) is 9.97 Å². The Balaban J connectivity index is 1.52. The zero-order valence-corrected chi connectivity index (χ0v) is 18.1. The van der Waals surface area contributed by atoms with E-state index in [1.54, 1.807) is 23.5 Å². The van der Waals surface area contributed by atoms with Gasteiger partial charge in [-0.05, 0) is 29.6 Å². The number of fused-ring (bicyclic) bond motifs is 1. The Bertz CT molecular complexity index is 1420. The number of benzene rings is 1. The van der Waals surface area contributed by atoms with Crippen LogP contribution in [0.25, 0.3) is 32.0 Å². The molecule has 0 unspecified atom stereocenters. The van der Waals surface area contributed by atoms with Crippen LogP contribution in [0.1, 0.15) is 10.4 Å². The minimum Gasteiger partial charge on any atom is -0.298 e. The number of hydrogen-bond donors (Lipinski definition) is 1. The van der Waals surface area contributed by atoms with Gasteiger partial charge in [-0.15, -0.1) is 22.7 Å². The number of pyridine rings is 1. The van der Waals surface area contributed by atoms with Crippen molar-refractivity contribution in [3.63, 3.8) is 0 Å². The lowest BCUT2D eigenvalue weighted by atomic mass is 10.1. The molecule has 0 bridgehead atoms. The standard InChI is InChI=1S/C21H12N4O3S3/c26-20(24-21-23-16(11-30-21)17-6-3-9-29-17)13-10-15(18-7-8-19(31-18)25(27)28)22-14-5-2-1-4-12(13)14/h1-11H,(H,23,24,26). The zero-order chi connectivity index (χ0) is 21.4. The second kappa shape index (κ2) is 7.99. The van der Waals surface area contributed by atoms with Gasteiger partial charge in [-0.1, -0.05) is 35.6 Å². The molecule has 5 aromatic rings. The number of rotatable bonds is 5. The molecule has 10 heteroatoms. The summed E-state index contributed by atoms with van der Waals surface area (Å²) in [6.07, 6.45) is 0. The first kappa shape index (κ1) is 19.5.